The van der Waals surface area contributed by atoms with Crippen LogP contribution in [0.1, 0.15) is 90.9 Å². The van der Waals surface area contributed by atoms with Gasteiger partial charge in [-0.1, -0.05) is 52.0 Å². The van der Waals surface area contributed by atoms with Gasteiger partial charge in [-0.3, -0.25) is 0 Å². The van der Waals surface area contributed by atoms with Gasteiger partial charge in [-0.2, -0.15) is 0 Å². The van der Waals surface area contributed by atoms with Gasteiger partial charge in [0.25, 0.3) is 0 Å². The quantitative estimate of drug-likeness (QED) is 0.492. The van der Waals surface area contributed by atoms with Gasteiger partial charge < -0.3 is 0 Å². The Morgan fingerprint density at radius 2 is 1.76 bits per heavy atom. The zero-order chi connectivity index (χ0) is 15.1. The Balaban J connectivity index is 1.98. The van der Waals surface area contributed by atoms with E-state index in [-0.39, 0.29) is 0 Å². The molecule has 0 aromatic rings. The molecule has 0 aliphatic heterocycles. The Kier molecular flexibility index (Phi) is 6.76. The molecule has 0 saturated heterocycles. The minimum Gasteiger partial charge on any atom is -0.216 e. The van der Waals surface area contributed by atoms with E-state index in [2.05, 4.69) is 13.8 Å². The molecule has 0 aromatic heterocycles. The highest BCUT2D eigenvalue weighted by Crippen LogP contribution is 2.54. The third kappa shape index (κ3) is 4.11. The van der Waals surface area contributed by atoms with Crippen LogP contribution in [0.3, 0.4) is 0 Å². The Morgan fingerprint density at radius 3 is 2.33 bits per heavy atom. The van der Waals surface area contributed by atoms with Crippen molar-refractivity contribution < 1.29 is 4.39 Å². The highest BCUT2D eigenvalue weighted by molar-refractivity contribution is 4.95. The van der Waals surface area contributed by atoms with Gasteiger partial charge in [0.1, 0.15) is 0 Å². The number of hydrogen-bond acceptors (Lipinski definition) is 0. The molecule has 0 spiro atoms. The average Bonchev–Trinajstić information content (AvgIpc) is 2.54. The lowest BCUT2D eigenvalue weighted by molar-refractivity contribution is -0.0000176. The molecule has 0 aromatic carbocycles. The minimum absolute atomic E-state index is 0.648. The van der Waals surface area contributed by atoms with Crippen molar-refractivity contribution in [3.63, 3.8) is 0 Å². The maximum Gasteiger partial charge on any atom is 0.0827 e. The fraction of sp³-hybridized carbons (Fsp3) is 0.900. The van der Waals surface area contributed by atoms with E-state index in [0.29, 0.717) is 5.41 Å². The van der Waals surface area contributed by atoms with Crippen molar-refractivity contribution in [1.29, 1.82) is 0 Å². The van der Waals surface area contributed by atoms with Crippen LogP contribution in [0.15, 0.2) is 12.4 Å². The SMILES string of the molecule is CCCC(C)C1(C2CCC(C/C=C/F)CC2)CCCCC1. The summed E-state index contributed by atoms with van der Waals surface area (Å²) in [6.45, 7) is 4.87. The van der Waals surface area contributed by atoms with Gasteiger partial charge >= 0.3 is 0 Å². The van der Waals surface area contributed by atoms with E-state index in [1.807, 2.05) is 0 Å². The molecule has 2 rings (SSSR count). The summed E-state index contributed by atoms with van der Waals surface area (Å²) in [7, 11) is 0. The second-order valence-corrected chi connectivity index (χ2v) is 7.80. The maximum atomic E-state index is 12.2. The van der Waals surface area contributed by atoms with Crippen LogP contribution in [-0.4, -0.2) is 0 Å². The molecule has 21 heavy (non-hydrogen) atoms. The summed E-state index contributed by atoms with van der Waals surface area (Å²) in [5, 5.41) is 0. The fourth-order valence-corrected chi connectivity index (χ4v) is 5.45. The number of rotatable bonds is 6. The highest BCUT2D eigenvalue weighted by Gasteiger charge is 2.44. The van der Waals surface area contributed by atoms with Crippen LogP contribution in [0.25, 0.3) is 0 Å². The van der Waals surface area contributed by atoms with Gasteiger partial charge in [-0.15, -0.1) is 0 Å². The molecule has 0 amide bonds. The first-order chi connectivity index (χ1) is 10.2. The second kappa shape index (κ2) is 8.34. The molecule has 0 heterocycles. The third-order valence-corrected chi connectivity index (χ3v) is 6.71. The molecule has 0 nitrogen and oxygen atoms in total. The average molecular weight is 294 g/mol. The van der Waals surface area contributed by atoms with Crippen molar-refractivity contribution in [2.75, 3.05) is 0 Å². The van der Waals surface area contributed by atoms with Crippen LogP contribution in [0.2, 0.25) is 0 Å². The van der Waals surface area contributed by atoms with E-state index >= 15 is 0 Å². The molecular formula is C20H35F. The Morgan fingerprint density at radius 1 is 1.10 bits per heavy atom. The monoisotopic (exact) mass is 294 g/mol. The van der Waals surface area contributed by atoms with E-state index in [0.717, 1.165) is 30.5 Å². The lowest BCUT2D eigenvalue weighted by Gasteiger charge is -2.50. The summed E-state index contributed by atoms with van der Waals surface area (Å²) >= 11 is 0. The first-order valence-electron chi connectivity index (χ1n) is 9.48. The van der Waals surface area contributed by atoms with Crippen LogP contribution >= 0.6 is 0 Å². The van der Waals surface area contributed by atoms with Gasteiger partial charge in [-0.05, 0) is 68.1 Å². The summed E-state index contributed by atoms with van der Waals surface area (Å²) in [6, 6.07) is 0. The largest absolute Gasteiger partial charge is 0.216 e. The van der Waals surface area contributed by atoms with Crippen LogP contribution in [-0.2, 0) is 0 Å². The van der Waals surface area contributed by atoms with Crippen LogP contribution in [0.4, 0.5) is 4.39 Å². The van der Waals surface area contributed by atoms with Crippen molar-refractivity contribution in [2.24, 2.45) is 23.2 Å². The molecule has 2 fully saturated rings. The van der Waals surface area contributed by atoms with E-state index in [4.69, 9.17) is 0 Å². The minimum atomic E-state index is 0.648. The molecule has 1 heteroatoms. The number of halogens is 1. The van der Waals surface area contributed by atoms with Crippen molar-refractivity contribution in [3.8, 4) is 0 Å². The molecule has 122 valence electrons. The molecule has 2 aliphatic rings. The first-order valence-corrected chi connectivity index (χ1v) is 9.48. The smallest absolute Gasteiger partial charge is 0.0827 e. The lowest BCUT2D eigenvalue weighted by Crippen LogP contribution is -2.40. The Bertz CT molecular complexity index is 306. The zero-order valence-corrected chi connectivity index (χ0v) is 14.2. The second-order valence-electron chi connectivity index (χ2n) is 7.80. The van der Waals surface area contributed by atoms with Crippen LogP contribution < -0.4 is 0 Å². The highest BCUT2D eigenvalue weighted by atomic mass is 19.1. The zero-order valence-electron chi connectivity index (χ0n) is 14.2. The van der Waals surface area contributed by atoms with Gasteiger partial charge in [0, 0.05) is 0 Å². The summed E-state index contributed by atoms with van der Waals surface area (Å²) in [6.07, 6.45) is 18.9. The van der Waals surface area contributed by atoms with Crippen LogP contribution in [0, 0.1) is 23.2 Å². The molecule has 0 bridgehead atoms. The molecule has 1 unspecified atom stereocenters. The van der Waals surface area contributed by atoms with Crippen molar-refractivity contribution in [2.45, 2.75) is 90.9 Å². The predicted molar refractivity (Wildman–Crippen MR) is 89.9 cm³/mol. The van der Waals surface area contributed by atoms with Crippen molar-refractivity contribution in [3.05, 3.63) is 12.4 Å². The van der Waals surface area contributed by atoms with Gasteiger partial charge in [0.2, 0.25) is 0 Å². The molecule has 0 N–H and O–H groups in total. The lowest BCUT2D eigenvalue weighted by atomic mass is 9.55. The third-order valence-electron chi connectivity index (χ3n) is 6.71. The number of allylic oxidation sites excluding steroid dienone is 1. The van der Waals surface area contributed by atoms with Crippen LogP contribution in [0.5, 0.6) is 0 Å². The maximum absolute atomic E-state index is 12.2. The van der Waals surface area contributed by atoms with E-state index in [1.165, 1.54) is 70.6 Å². The van der Waals surface area contributed by atoms with E-state index < -0.39 is 0 Å². The molecule has 2 aliphatic carbocycles. The normalized spacial score (nSPS) is 31.4. The summed E-state index contributed by atoms with van der Waals surface area (Å²) in [5.74, 6) is 2.59. The Hall–Kier alpha value is -0.330. The van der Waals surface area contributed by atoms with Crippen molar-refractivity contribution >= 4 is 0 Å². The van der Waals surface area contributed by atoms with Gasteiger partial charge in [-0.25, -0.2) is 4.39 Å². The number of hydrogen-bond donors (Lipinski definition) is 0. The van der Waals surface area contributed by atoms with Crippen molar-refractivity contribution in [1.82, 2.24) is 0 Å². The molecule has 0 radical (unpaired) electrons. The first kappa shape index (κ1) is 17.0. The molecule has 1 atom stereocenters. The standard InChI is InChI=1S/C20H35F/c1-3-8-17(2)20(14-5-4-6-15-20)19-12-10-18(11-13-19)9-7-16-21/h7,16-19H,3-6,8-15H2,1-2H3/b16-7+. The summed E-state index contributed by atoms with van der Waals surface area (Å²) < 4.78 is 12.2. The molecule has 2 saturated carbocycles. The summed E-state index contributed by atoms with van der Waals surface area (Å²) in [5.41, 5.74) is 0.648. The van der Waals surface area contributed by atoms with E-state index in [9.17, 15) is 4.39 Å². The fourth-order valence-electron chi connectivity index (χ4n) is 5.45. The molecular weight excluding hydrogens is 259 g/mol. The van der Waals surface area contributed by atoms with Gasteiger partial charge in [0.15, 0.2) is 0 Å². The topological polar surface area (TPSA) is 0 Å². The van der Waals surface area contributed by atoms with E-state index in [1.54, 1.807) is 6.08 Å². The predicted octanol–water partition coefficient (Wildman–Crippen LogP) is 7.05. The Labute approximate surface area is 131 Å². The van der Waals surface area contributed by atoms with Gasteiger partial charge in [0.05, 0.1) is 6.33 Å². The summed E-state index contributed by atoms with van der Waals surface area (Å²) in [4.78, 5) is 0.